The van der Waals surface area contributed by atoms with Crippen LogP contribution in [0.15, 0.2) is 18.2 Å². The minimum absolute atomic E-state index is 0.0958. The van der Waals surface area contributed by atoms with E-state index in [1.54, 1.807) is 18.2 Å². The molecule has 0 saturated heterocycles. The number of nitrogens with one attached hydrogen (secondary N) is 1. The Hall–Kier alpha value is -1.75. The summed E-state index contributed by atoms with van der Waals surface area (Å²) >= 11 is 0. The van der Waals surface area contributed by atoms with E-state index in [0.29, 0.717) is 17.1 Å². The number of ether oxygens (including phenoxy) is 2. The maximum Gasteiger partial charge on any atom is 0.258 e. The number of hydrogen-bond acceptors (Lipinski definition) is 4. The Morgan fingerprint density at radius 3 is 2.80 bits per heavy atom. The van der Waals surface area contributed by atoms with Crippen molar-refractivity contribution in [1.82, 2.24) is 5.32 Å². The number of aliphatic hydroxyl groups is 1. The molecular formula is C15H23NO4. The molecule has 1 rings (SSSR count). The number of carbonyl (C=O) groups excluding carboxylic acids is 1. The Kier molecular flexibility index (Phi) is 6.87. The van der Waals surface area contributed by atoms with Crippen LogP contribution in [-0.2, 0) is 11.4 Å². The molecule has 0 heterocycles. The minimum atomic E-state index is -0.180. The average Bonchev–Trinajstić information content (AvgIpc) is 2.44. The Bertz CT molecular complexity index is 412. The SMILES string of the molecule is CCCC(C)NC(=O)COc1c(CO)cccc1OC. The van der Waals surface area contributed by atoms with E-state index in [2.05, 4.69) is 12.2 Å². The molecule has 2 N–H and O–H groups in total. The molecule has 1 amide bonds. The van der Waals surface area contributed by atoms with Crippen molar-refractivity contribution in [3.05, 3.63) is 23.8 Å². The Morgan fingerprint density at radius 1 is 1.45 bits per heavy atom. The highest BCUT2D eigenvalue weighted by molar-refractivity contribution is 5.78. The van der Waals surface area contributed by atoms with Gasteiger partial charge in [0.15, 0.2) is 18.1 Å². The zero-order valence-corrected chi connectivity index (χ0v) is 12.3. The van der Waals surface area contributed by atoms with Gasteiger partial charge in [-0.15, -0.1) is 0 Å². The number of amides is 1. The summed E-state index contributed by atoms with van der Waals surface area (Å²) in [5.74, 6) is 0.738. The molecule has 0 aromatic heterocycles. The van der Waals surface area contributed by atoms with E-state index in [-0.39, 0.29) is 25.2 Å². The normalized spacial score (nSPS) is 11.8. The van der Waals surface area contributed by atoms with Gasteiger partial charge in [-0.1, -0.05) is 25.5 Å². The van der Waals surface area contributed by atoms with Crippen LogP contribution in [0.2, 0.25) is 0 Å². The molecular weight excluding hydrogens is 258 g/mol. The zero-order valence-electron chi connectivity index (χ0n) is 12.3. The Balaban J connectivity index is 2.63. The van der Waals surface area contributed by atoms with Crippen LogP contribution in [0.25, 0.3) is 0 Å². The van der Waals surface area contributed by atoms with Crippen LogP contribution in [0, 0.1) is 0 Å². The fourth-order valence-electron chi connectivity index (χ4n) is 1.97. The zero-order chi connectivity index (χ0) is 15.0. The molecule has 5 nitrogen and oxygen atoms in total. The van der Waals surface area contributed by atoms with Gasteiger partial charge in [0.05, 0.1) is 13.7 Å². The third kappa shape index (κ3) is 4.74. The molecule has 1 aromatic carbocycles. The molecule has 1 unspecified atom stereocenters. The molecule has 0 bridgehead atoms. The number of benzene rings is 1. The second kappa shape index (κ2) is 8.43. The lowest BCUT2D eigenvalue weighted by Gasteiger charge is -2.16. The topological polar surface area (TPSA) is 67.8 Å². The summed E-state index contributed by atoms with van der Waals surface area (Å²) in [5.41, 5.74) is 0.596. The third-order valence-corrected chi connectivity index (χ3v) is 2.93. The van der Waals surface area contributed by atoms with E-state index < -0.39 is 0 Å². The molecule has 0 aliphatic rings. The lowest BCUT2D eigenvalue weighted by molar-refractivity contribution is -0.123. The number of methoxy groups -OCH3 is 1. The first-order valence-electron chi connectivity index (χ1n) is 6.81. The first kappa shape index (κ1) is 16.3. The molecule has 20 heavy (non-hydrogen) atoms. The molecule has 0 saturated carbocycles. The highest BCUT2D eigenvalue weighted by Gasteiger charge is 2.13. The van der Waals surface area contributed by atoms with Crippen LogP contribution >= 0.6 is 0 Å². The van der Waals surface area contributed by atoms with Crippen LogP contribution in [0.1, 0.15) is 32.3 Å². The Morgan fingerprint density at radius 2 is 2.20 bits per heavy atom. The monoisotopic (exact) mass is 281 g/mol. The van der Waals surface area contributed by atoms with Crippen LogP contribution in [0.5, 0.6) is 11.5 Å². The number of rotatable bonds is 8. The molecule has 1 aromatic rings. The van der Waals surface area contributed by atoms with Gasteiger partial charge in [0.25, 0.3) is 5.91 Å². The third-order valence-electron chi connectivity index (χ3n) is 2.93. The largest absolute Gasteiger partial charge is 0.493 e. The first-order valence-corrected chi connectivity index (χ1v) is 6.81. The molecule has 1 atom stereocenters. The van der Waals surface area contributed by atoms with Gasteiger partial charge in [-0.2, -0.15) is 0 Å². The summed E-state index contributed by atoms with van der Waals surface area (Å²) in [5, 5.41) is 12.1. The molecule has 0 radical (unpaired) electrons. The van der Waals surface area contributed by atoms with E-state index in [4.69, 9.17) is 9.47 Å². The van der Waals surface area contributed by atoms with Gasteiger partial charge in [-0.25, -0.2) is 0 Å². The molecule has 112 valence electrons. The van der Waals surface area contributed by atoms with Crippen LogP contribution in [0.4, 0.5) is 0 Å². The van der Waals surface area contributed by atoms with Crippen molar-refractivity contribution in [3.8, 4) is 11.5 Å². The van der Waals surface area contributed by atoms with Gasteiger partial charge in [0.2, 0.25) is 0 Å². The predicted molar refractivity (Wildman–Crippen MR) is 76.9 cm³/mol. The summed E-state index contributed by atoms with van der Waals surface area (Å²) < 4.78 is 10.7. The summed E-state index contributed by atoms with van der Waals surface area (Å²) in [7, 11) is 1.52. The minimum Gasteiger partial charge on any atom is -0.493 e. The van der Waals surface area contributed by atoms with Crippen molar-refractivity contribution >= 4 is 5.91 Å². The lowest BCUT2D eigenvalue weighted by atomic mass is 10.2. The fourth-order valence-corrected chi connectivity index (χ4v) is 1.97. The maximum absolute atomic E-state index is 11.8. The van der Waals surface area contributed by atoms with E-state index >= 15 is 0 Å². The summed E-state index contributed by atoms with van der Waals surface area (Å²) in [4.78, 5) is 11.8. The second-order valence-corrected chi connectivity index (χ2v) is 4.65. The molecule has 5 heteroatoms. The number of hydrogen-bond donors (Lipinski definition) is 2. The van der Waals surface area contributed by atoms with Crippen molar-refractivity contribution in [2.45, 2.75) is 39.3 Å². The molecule has 0 spiro atoms. The molecule has 0 fully saturated rings. The molecule has 0 aliphatic carbocycles. The second-order valence-electron chi connectivity index (χ2n) is 4.65. The number of aliphatic hydroxyl groups excluding tert-OH is 1. The highest BCUT2D eigenvalue weighted by atomic mass is 16.5. The van der Waals surface area contributed by atoms with Crippen molar-refractivity contribution in [2.75, 3.05) is 13.7 Å². The summed E-state index contributed by atoms with van der Waals surface area (Å²) in [6.07, 6.45) is 1.95. The quantitative estimate of drug-likeness (QED) is 0.763. The highest BCUT2D eigenvalue weighted by Crippen LogP contribution is 2.30. The summed E-state index contributed by atoms with van der Waals surface area (Å²) in [6, 6.07) is 5.36. The average molecular weight is 281 g/mol. The van der Waals surface area contributed by atoms with Gasteiger partial charge < -0.3 is 19.9 Å². The smallest absolute Gasteiger partial charge is 0.258 e. The Labute approximate surface area is 119 Å². The number of para-hydroxylation sites is 1. The van der Waals surface area contributed by atoms with E-state index in [9.17, 15) is 9.90 Å². The van der Waals surface area contributed by atoms with Gasteiger partial charge in [-0.3, -0.25) is 4.79 Å². The van der Waals surface area contributed by atoms with Crippen molar-refractivity contribution < 1.29 is 19.4 Å². The van der Waals surface area contributed by atoms with Crippen molar-refractivity contribution in [3.63, 3.8) is 0 Å². The van der Waals surface area contributed by atoms with Crippen LogP contribution < -0.4 is 14.8 Å². The van der Waals surface area contributed by atoms with Gasteiger partial charge in [0, 0.05) is 11.6 Å². The first-order chi connectivity index (χ1) is 9.62. The van der Waals surface area contributed by atoms with Crippen molar-refractivity contribution in [2.24, 2.45) is 0 Å². The fraction of sp³-hybridized carbons (Fsp3) is 0.533. The van der Waals surface area contributed by atoms with E-state index in [0.717, 1.165) is 12.8 Å². The van der Waals surface area contributed by atoms with Gasteiger partial charge in [-0.05, 0) is 19.4 Å². The lowest BCUT2D eigenvalue weighted by Crippen LogP contribution is -2.36. The van der Waals surface area contributed by atoms with Crippen molar-refractivity contribution in [1.29, 1.82) is 0 Å². The molecule has 0 aliphatic heterocycles. The van der Waals surface area contributed by atoms with E-state index in [1.165, 1.54) is 7.11 Å². The standard InChI is InChI=1S/C15H23NO4/c1-4-6-11(2)16-14(18)10-20-15-12(9-17)7-5-8-13(15)19-3/h5,7-8,11,17H,4,6,9-10H2,1-3H3,(H,16,18). The summed E-state index contributed by atoms with van der Waals surface area (Å²) in [6.45, 7) is 3.77. The van der Waals surface area contributed by atoms with E-state index in [1.807, 2.05) is 6.92 Å². The predicted octanol–water partition coefficient (Wildman–Crippen LogP) is 1.87. The number of carbonyl (C=O) groups is 1. The maximum atomic E-state index is 11.8. The van der Waals surface area contributed by atoms with Gasteiger partial charge in [0.1, 0.15) is 0 Å². The van der Waals surface area contributed by atoms with Crippen LogP contribution in [0.3, 0.4) is 0 Å². The van der Waals surface area contributed by atoms with Crippen LogP contribution in [-0.4, -0.2) is 30.8 Å². The van der Waals surface area contributed by atoms with Gasteiger partial charge >= 0.3 is 0 Å².